The quantitative estimate of drug-likeness (QED) is 0.741. The Morgan fingerprint density at radius 2 is 1.67 bits per heavy atom. The number of benzene rings is 1. The highest BCUT2D eigenvalue weighted by molar-refractivity contribution is 5.57. The highest BCUT2D eigenvalue weighted by atomic mass is 19.4. The Kier molecular flexibility index (Phi) is 2.80. The third kappa shape index (κ3) is 2.18. The van der Waals surface area contributed by atoms with Gasteiger partial charge in [0, 0.05) is 0 Å². The van der Waals surface area contributed by atoms with Gasteiger partial charge in [-0.25, -0.2) is 8.78 Å². The van der Waals surface area contributed by atoms with Crippen LogP contribution in [-0.4, -0.2) is 10.1 Å². The highest BCUT2D eigenvalue weighted by Crippen LogP contribution is 2.31. The number of aryl methyl sites for hydroxylation is 1. The lowest BCUT2D eigenvalue weighted by Crippen LogP contribution is -2.05. The molecule has 0 aliphatic heterocycles. The Morgan fingerprint density at radius 3 is 2.11 bits per heavy atom. The average Bonchev–Trinajstić information content (AvgIpc) is 2.64. The fraction of sp³-hybridized carbons (Fsp3) is 0.200. The molecule has 0 aliphatic rings. The van der Waals surface area contributed by atoms with Crippen LogP contribution in [0.5, 0.6) is 0 Å². The second-order valence-electron chi connectivity index (χ2n) is 3.52. The Hall–Kier alpha value is -1.99. The molecule has 1 heterocycles. The molecule has 3 nitrogen and oxygen atoms in total. The van der Waals surface area contributed by atoms with Crippen molar-refractivity contribution >= 4 is 0 Å². The zero-order valence-electron chi connectivity index (χ0n) is 8.85. The molecular formula is C10H5F5N2O. The number of hydrogen-bond acceptors (Lipinski definition) is 3. The molecule has 96 valence electrons. The van der Waals surface area contributed by atoms with Gasteiger partial charge in [0.05, 0.1) is 5.56 Å². The zero-order valence-corrected chi connectivity index (χ0v) is 8.85. The molecule has 0 atom stereocenters. The van der Waals surface area contributed by atoms with E-state index in [4.69, 9.17) is 0 Å². The summed E-state index contributed by atoms with van der Waals surface area (Å²) in [6.07, 6.45) is -4.86. The van der Waals surface area contributed by atoms with Gasteiger partial charge in [-0.15, -0.1) is 0 Å². The van der Waals surface area contributed by atoms with Crippen LogP contribution >= 0.6 is 0 Å². The topological polar surface area (TPSA) is 38.9 Å². The summed E-state index contributed by atoms with van der Waals surface area (Å²) in [7, 11) is 0. The smallest absolute Gasteiger partial charge is 0.329 e. The summed E-state index contributed by atoms with van der Waals surface area (Å²) < 4.78 is 67.4. The lowest BCUT2D eigenvalue weighted by molar-refractivity contribution is -0.159. The first-order valence-electron chi connectivity index (χ1n) is 4.66. The standard InChI is InChI=1S/C10H5F5N2O/c1-4-2-5(11)7(6(12)3-4)8-16-9(18-17-8)10(13,14)15/h2-3H,1H3. The largest absolute Gasteiger partial charge is 0.471 e. The number of rotatable bonds is 1. The fourth-order valence-corrected chi connectivity index (χ4v) is 1.35. The van der Waals surface area contributed by atoms with Gasteiger partial charge in [0.25, 0.3) is 0 Å². The summed E-state index contributed by atoms with van der Waals surface area (Å²) >= 11 is 0. The van der Waals surface area contributed by atoms with Crippen LogP contribution in [0.1, 0.15) is 11.5 Å². The molecule has 0 saturated carbocycles. The van der Waals surface area contributed by atoms with E-state index >= 15 is 0 Å². The van der Waals surface area contributed by atoms with E-state index in [1.54, 1.807) is 0 Å². The normalized spacial score (nSPS) is 11.9. The van der Waals surface area contributed by atoms with Crippen LogP contribution < -0.4 is 0 Å². The van der Waals surface area contributed by atoms with Gasteiger partial charge in [-0.1, -0.05) is 5.16 Å². The van der Waals surface area contributed by atoms with Gasteiger partial charge in [-0.05, 0) is 24.6 Å². The first-order valence-corrected chi connectivity index (χ1v) is 4.66. The number of halogens is 5. The van der Waals surface area contributed by atoms with E-state index < -0.39 is 35.1 Å². The SMILES string of the molecule is Cc1cc(F)c(-c2noc(C(F)(F)F)n2)c(F)c1. The van der Waals surface area contributed by atoms with E-state index in [0.717, 1.165) is 12.1 Å². The Balaban J connectivity index is 2.53. The zero-order chi connectivity index (χ0) is 13.5. The Labute approximate surface area is 97.2 Å². The number of hydrogen-bond donors (Lipinski definition) is 0. The van der Waals surface area contributed by atoms with E-state index in [1.165, 1.54) is 6.92 Å². The van der Waals surface area contributed by atoms with Crippen LogP contribution in [0, 0.1) is 18.6 Å². The molecule has 2 rings (SSSR count). The molecule has 0 fully saturated rings. The monoisotopic (exact) mass is 264 g/mol. The van der Waals surface area contributed by atoms with Crippen molar-refractivity contribution < 1.29 is 26.5 Å². The third-order valence-corrected chi connectivity index (χ3v) is 2.08. The van der Waals surface area contributed by atoms with Gasteiger partial charge in [0.2, 0.25) is 5.82 Å². The predicted molar refractivity (Wildman–Crippen MR) is 49.4 cm³/mol. The van der Waals surface area contributed by atoms with Gasteiger partial charge < -0.3 is 4.52 Å². The maximum Gasteiger partial charge on any atom is 0.471 e. The molecule has 0 spiro atoms. The minimum atomic E-state index is -4.86. The minimum Gasteiger partial charge on any atom is -0.329 e. The first-order chi connectivity index (χ1) is 8.29. The van der Waals surface area contributed by atoms with Crippen LogP contribution in [0.25, 0.3) is 11.4 Å². The van der Waals surface area contributed by atoms with Crippen molar-refractivity contribution in [3.63, 3.8) is 0 Å². The molecule has 2 aromatic rings. The van der Waals surface area contributed by atoms with E-state index in [-0.39, 0.29) is 5.56 Å². The summed E-state index contributed by atoms with van der Waals surface area (Å²) in [6.45, 7) is 1.44. The van der Waals surface area contributed by atoms with Gasteiger partial charge in [0.15, 0.2) is 0 Å². The van der Waals surface area contributed by atoms with Gasteiger partial charge in [0.1, 0.15) is 11.6 Å². The molecule has 18 heavy (non-hydrogen) atoms. The Bertz CT molecular complexity index is 567. The molecule has 0 radical (unpaired) electrons. The third-order valence-electron chi connectivity index (χ3n) is 2.08. The lowest BCUT2D eigenvalue weighted by Gasteiger charge is -2.01. The summed E-state index contributed by atoms with van der Waals surface area (Å²) in [5, 5.41) is 2.92. The van der Waals surface area contributed by atoms with E-state index in [2.05, 4.69) is 14.7 Å². The van der Waals surface area contributed by atoms with Crippen molar-refractivity contribution in [1.29, 1.82) is 0 Å². The van der Waals surface area contributed by atoms with Crippen LogP contribution in [0.15, 0.2) is 16.7 Å². The van der Waals surface area contributed by atoms with Crippen LogP contribution in [0.2, 0.25) is 0 Å². The molecule has 0 N–H and O–H groups in total. The van der Waals surface area contributed by atoms with Crippen molar-refractivity contribution in [2.45, 2.75) is 13.1 Å². The number of aromatic nitrogens is 2. The van der Waals surface area contributed by atoms with Crippen LogP contribution in [-0.2, 0) is 6.18 Å². The van der Waals surface area contributed by atoms with Crippen molar-refractivity contribution in [1.82, 2.24) is 10.1 Å². The molecule has 1 aromatic carbocycles. The second-order valence-corrected chi connectivity index (χ2v) is 3.52. The summed E-state index contributed by atoms with van der Waals surface area (Å²) in [6, 6.07) is 1.92. The molecule has 0 bridgehead atoms. The van der Waals surface area contributed by atoms with Crippen molar-refractivity contribution in [3.8, 4) is 11.4 Å². The summed E-state index contributed by atoms with van der Waals surface area (Å²) in [5.41, 5.74) is -0.465. The summed E-state index contributed by atoms with van der Waals surface area (Å²) in [5.74, 6) is -4.54. The number of nitrogens with zero attached hydrogens (tertiary/aromatic N) is 2. The molecule has 0 saturated heterocycles. The highest BCUT2D eigenvalue weighted by Gasteiger charge is 2.39. The first kappa shape index (κ1) is 12.5. The average molecular weight is 264 g/mol. The lowest BCUT2D eigenvalue weighted by atomic mass is 10.1. The number of alkyl halides is 3. The molecule has 0 aliphatic carbocycles. The van der Waals surface area contributed by atoms with E-state index in [1.807, 2.05) is 0 Å². The summed E-state index contributed by atoms with van der Waals surface area (Å²) in [4.78, 5) is 2.92. The Morgan fingerprint density at radius 1 is 1.11 bits per heavy atom. The van der Waals surface area contributed by atoms with Crippen molar-refractivity contribution in [2.24, 2.45) is 0 Å². The van der Waals surface area contributed by atoms with Gasteiger partial charge in [-0.2, -0.15) is 18.2 Å². The van der Waals surface area contributed by atoms with E-state index in [9.17, 15) is 22.0 Å². The molecule has 1 aromatic heterocycles. The maximum atomic E-state index is 13.5. The molecule has 8 heteroatoms. The van der Waals surface area contributed by atoms with Gasteiger partial charge in [-0.3, -0.25) is 0 Å². The molecule has 0 amide bonds. The van der Waals surface area contributed by atoms with Crippen molar-refractivity contribution in [3.05, 3.63) is 35.2 Å². The second kappa shape index (κ2) is 4.04. The maximum absolute atomic E-state index is 13.5. The van der Waals surface area contributed by atoms with Gasteiger partial charge >= 0.3 is 12.1 Å². The molecule has 0 unspecified atom stereocenters. The minimum absolute atomic E-state index is 0.285. The predicted octanol–water partition coefficient (Wildman–Crippen LogP) is 3.34. The molecular weight excluding hydrogens is 259 g/mol. The van der Waals surface area contributed by atoms with Crippen molar-refractivity contribution in [2.75, 3.05) is 0 Å². The van der Waals surface area contributed by atoms with Crippen LogP contribution in [0.4, 0.5) is 22.0 Å². The van der Waals surface area contributed by atoms with E-state index in [0.29, 0.717) is 0 Å². The fourth-order valence-electron chi connectivity index (χ4n) is 1.35. The van der Waals surface area contributed by atoms with Crippen LogP contribution in [0.3, 0.4) is 0 Å².